The Hall–Kier alpha value is -2.53. The molecule has 0 radical (unpaired) electrons. The van der Waals surface area contributed by atoms with E-state index >= 15 is 0 Å². The van der Waals surface area contributed by atoms with Crippen molar-refractivity contribution in [2.75, 3.05) is 27.4 Å². The van der Waals surface area contributed by atoms with Crippen molar-refractivity contribution in [3.63, 3.8) is 0 Å². The minimum atomic E-state index is -0.121. The number of nitrogens with one attached hydrogen (secondary N) is 1. The van der Waals surface area contributed by atoms with Gasteiger partial charge in [-0.3, -0.25) is 0 Å². The standard InChI is InChI=1S/C21H28N2O3/c1-4-26-20-12-8-11-18(14-20)15-22-21(24)23(2)19(16-25-3)13-17-9-6-5-7-10-17/h5-12,14,19H,4,13,15-16H2,1-3H3,(H,22,24)/t19-/m1/s1. The number of hydrogen-bond donors (Lipinski definition) is 1. The van der Waals surface area contributed by atoms with Crippen LogP contribution in [0.1, 0.15) is 18.1 Å². The first-order valence-electron chi connectivity index (χ1n) is 8.89. The molecule has 2 amide bonds. The summed E-state index contributed by atoms with van der Waals surface area (Å²) in [7, 11) is 3.46. The molecule has 5 nitrogen and oxygen atoms in total. The SMILES string of the molecule is CCOc1cccc(CNC(=O)N(C)[C@@H](COC)Cc2ccccc2)c1. The van der Waals surface area contributed by atoms with Gasteiger partial charge in [0, 0.05) is 20.7 Å². The van der Waals surface area contributed by atoms with Crippen LogP contribution in [0.3, 0.4) is 0 Å². The predicted octanol–water partition coefficient (Wildman–Crippen LogP) is 3.48. The molecule has 1 N–H and O–H groups in total. The lowest BCUT2D eigenvalue weighted by atomic mass is 10.1. The van der Waals surface area contributed by atoms with Gasteiger partial charge < -0.3 is 19.7 Å². The van der Waals surface area contributed by atoms with E-state index in [2.05, 4.69) is 17.4 Å². The van der Waals surface area contributed by atoms with Crippen molar-refractivity contribution in [2.45, 2.75) is 25.9 Å². The van der Waals surface area contributed by atoms with Gasteiger partial charge in [0.05, 0.1) is 19.3 Å². The number of amides is 2. The molecule has 0 saturated heterocycles. The van der Waals surface area contributed by atoms with Gasteiger partial charge in [0.25, 0.3) is 0 Å². The van der Waals surface area contributed by atoms with Crippen molar-refractivity contribution in [2.24, 2.45) is 0 Å². The number of nitrogens with zero attached hydrogens (tertiary/aromatic N) is 1. The second-order valence-corrected chi connectivity index (χ2v) is 6.15. The van der Waals surface area contributed by atoms with E-state index in [1.807, 2.05) is 49.4 Å². The van der Waals surface area contributed by atoms with Crippen LogP contribution >= 0.6 is 0 Å². The number of benzene rings is 2. The number of carbonyl (C=O) groups excluding carboxylic acids is 1. The predicted molar refractivity (Wildman–Crippen MR) is 103 cm³/mol. The molecule has 0 fully saturated rings. The van der Waals surface area contributed by atoms with Gasteiger partial charge in [-0.1, -0.05) is 42.5 Å². The van der Waals surface area contributed by atoms with Crippen LogP contribution in [0.5, 0.6) is 5.75 Å². The largest absolute Gasteiger partial charge is 0.494 e. The second kappa shape index (κ2) is 10.5. The third kappa shape index (κ3) is 6.08. The zero-order valence-electron chi connectivity index (χ0n) is 15.8. The van der Waals surface area contributed by atoms with Gasteiger partial charge in [-0.25, -0.2) is 4.79 Å². The number of carbonyl (C=O) groups is 1. The van der Waals surface area contributed by atoms with Gasteiger partial charge in [-0.05, 0) is 36.6 Å². The highest BCUT2D eigenvalue weighted by molar-refractivity contribution is 5.74. The number of hydrogen-bond acceptors (Lipinski definition) is 3. The molecule has 0 aliphatic heterocycles. The van der Waals surface area contributed by atoms with Gasteiger partial charge in [0.1, 0.15) is 5.75 Å². The van der Waals surface area contributed by atoms with Crippen LogP contribution in [-0.4, -0.2) is 44.3 Å². The highest BCUT2D eigenvalue weighted by atomic mass is 16.5. The van der Waals surface area contributed by atoms with E-state index in [0.29, 0.717) is 19.8 Å². The number of likely N-dealkylation sites (N-methyl/N-ethyl adjacent to an activating group) is 1. The molecule has 0 aliphatic rings. The molecule has 0 heterocycles. The van der Waals surface area contributed by atoms with Crippen LogP contribution in [-0.2, 0) is 17.7 Å². The summed E-state index contributed by atoms with van der Waals surface area (Å²) >= 11 is 0. The molecule has 0 aliphatic carbocycles. The average molecular weight is 356 g/mol. The van der Waals surface area contributed by atoms with Crippen LogP contribution in [0.4, 0.5) is 4.79 Å². The zero-order valence-corrected chi connectivity index (χ0v) is 15.8. The summed E-state index contributed by atoms with van der Waals surface area (Å²) in [6.45, 7) is 3.51. The maximum Gasteiger partial charge on any atom is 0.317 e. The molecular weight excluding hydrogens is 328 g/mol. The molecule has 5 heteroatoms. The minimum absolute atomic E-state index is 0.0304. The fourth-order valence-electron chi connectivity index (χ4n) is 2.77. The van der Waals surface area contributed by atoms with Crippen molar-refractivity contribution in [3.05, 3.63) is 65.7 Å². The summed E-state index contributed by atoms with van der Waals surface area (Å²) in [6, 6.07) is 17.7. The van der Waals surface area contributed by atoms with Crippen LogP contribution in [0.15, 0.2) is 54.6 Å². The molecule has 0 spiro atoms. The minimum Gasteiger partial charge on any atom is -0.494 e. The Morgan fingerprint density at radius 2 is 1.85 bits per heavy atom. The fourth-order valence-corrected chi connectivity index (χ4v) is 2.77. The van der Waals surface area contributed by atoms with Crippen molar-refractivity contribution >= 4 is 6.03 Å². The fraction of sp³-hybridized carbons (Fsp3) is 0.381. The Morgan fingerprint density at radius 1 is 1.12 bits per heavy atom. The van der Waals surface area contributed by atoms with Crippen molar-refractivity contribution < 1.29 is 14.3 Å². The average Bonchev–Trinajstić information content (AvgIpc) is 2.66. The number of urea groups is 1. The summed E-state index contributed by atoms with van der Waals surface area (Å²) in [5, 5.41) is 2.97. The molecular formula is C21H28N2O3. The van der Waals surface area contributed by atoms with Gasteiger partial charge >= 0.3 is 6.03 Å². The molecule has 140 valence electrons. The molecule has 2 aromatic rings. The summed E-state index contributed by atoms with van der Waals surface area (Å²) in [4.78, 5) is 14.3. The Bertz CT molecular complexity index is 676. The topological polar surface area (TPSA) is 50.8 Å². The Morgan fingerprint density at radius 3 is 2.54 bits per heavy atom. The maximum absolute atomic E-state index is 12.6. The van der Waals surface area contributed by atoms with E-state index in [-0.39, 0.29) is 12.1 Å². The first kappa shape index (κ1) is 19.8. The lowest BCUT2D eigenvalue weighted by Crippen LogP contribution is -2.46. The molecule has 0 unspecified atom stereocenters. The van der Waals surface area contributed by atoms with E-state index < -0.39 is 0 Å². The molecule has 2 aromatic carbocycles. The first-order valence-corrected chi connectivity index (χ1v) is 8.89. The zero-order chi connectivity index (χ0) is 18.8. The Labute approximate surface area is 155 Å². The quantitative estimate of drug-likeness (QED) is 0.748. The van der Waals surface area contributed by atoms with E-state index in [4.69, 9.17) is 9.47 Å². The molecule has 2 rings (SSSR count). The van der Waals surface area contributed by atoms with Crippen LogP contribution in [0.2, 0.25) is 0 Å². The summed E-state index contributed by atoms with van der Waals surface area (Å²) < 4.78 is 10.8. The third-order valence-electron chi connectivity index (χ3n) is 4.19. The van der Waals surface area contributed by atoms with Crippen molar-refractivity contribution in [3.8, 4) is 5.75 Å². The van der Waals surface area contributed by atoms with Crippen LogP contribution in [0.25, 0.3) is 0 Å². The van der Waals surface area contributed by atoms with Crippen LogP contribution < -0.4 is 10.1 Å². The Kier molecular flexibility index (Phi) is 7.96. The summed E-state index contributed by atoms with van der Waals surface area (Å²) in [5.41, 5.74) is 2.18. The monoisotopic (exact) mass is 356 g/mol. The smallest absolute Gasteiger partial charge is 0.317 e. The second-order valence-electron chi connectivity index (χ2n) is 6.15. The lowest BCUT2D eigenvalue weighted by molar-refractivity contribution is 0.115. The van der Waals surface area contributed by atoms with Crippen molar-refractivity contribution in [1.82, 2.24) is 10.2 Å². The Balaban J connectivity index is 1.94. The normalized spacial score (nSPS) is 11.7. The molecule has 26 heavy (non-hydrogen) atoms. The summed E-state index contributed by atoms with van der Waals surface area (Å²) in [5.74, 6) is 0.814. The van der Waals surface area contributed by atoms with Gasteiger partial charge in [-0.15, -0.1) is 0 Å². The van der Waals surface area contributed by atoms with Gasteiger partial charge in [-0.2, -0.15) is 0 Å². The highest BCUT2D eigenvalue weighted by Gasteiger charge is 2.20. The highest BCUT2D eigenvalue weighted by Crippen LogP contribution is 2.13. The van der Waals surface area contributed by atoms with E-state index in [9.17, 15) is 4.79 Å². The summed E-state index contributed by atoms with van der Waals surface area (Å²) in [6.07, 6.45) is 0.748. The van der Waals surface area contributed by atoms with Gasteiger partial charge in [0.2, 0.25) is 0 Å². The number of rotatable bonds is 9. The lowest BCUT2D eigenvalue weighted by Gasteiger charge is -2.28. The van der Waals surface area contributed by atoms with E-state index in [0.717, 1.165) is 17.7 Å². The van der Waals surface area contributed by atoms with Crippen LogP contribution in [0, 0.1) is 0 Å². The molecule has 0 saturated carbocycles. The van der Waals surface area contributed by atoms with Gasteiger partial charge in [0.15, 0.2) is 0 Å². The molecule has 1 atom stereocenters. The maximum atomic E-state index is 12.6. The third-order valence-corrected chi connectivity index (χ3v) is 4.19. The molecule has 0 aromatic heterocycles. The van der Waals surface area contributed by atoms with Crippen molar-refractivity contribution in [1.29, 1.82) is 0 Å². The van der Waals surface area contributed by atoms with E-state index in [1.165, 1.54) is 5.56 Å². The molecule has 0 bridgehead atoms. The first-order chi connectivity index (χ1) is 12.6. The van der Waals surface area contributed by atoms with E-state index in [1.54, 1.807) is 19.1 Å². The number of ether oxygens (including phenoxy) is 2. The number of methoxy groups -OCH3 is 1.